The maximum atomic E-state index is 11.4. The maximum Gasteiger partial charge on any atom is 0.407 e. The number of carbonyl (C=O) groups excluding carboxylic acids is 1. The normalized spacial score (nSPS) is 25.0. The van der Waals surface area contributed by atoms with E-state index in [1.807, 2.05) is 12.1 Å². The summed E-state index contributed by atoms with van der Waals surface area (Å²) in [6.45, 7) is 7.53. The largest absolute Gasteiger partial charge is 0.465 e. The average Bonchev–Trinajstić information content (AvgIpc) is 2.84. The molecule has 3 rings (SSSR count). The molecule has 0 radical (unpaired) electrons. The minimum absolute atomic E-state index is 0.0651. The Hall–Kier alpha value is -1.88. The number of amides is 1. The van der Waals surface area contributed by atoms with Gasteiger partial charge in [-0.1, -0.05) is 45.0 Å². The van der Waals surface area contributed by atoms with Crippen molar-refractivity contribution in [2.75, 3.05) is 19.7 Å². The topological polar surface area (TPSA) is 66.8 Å². The minimum Gasteiger partial charge on any atom is -0.465 e. The first-order valence-corrected chi connectivity index (χ1v) is 8.91. The Morgan fingerprint density at radius 2 is 1.92 bits per heavy atom. The Morgan fingerprint density at radius 3 is 2.48 bits per heavy atom. The van der Waals surface area contributed by atoms with E-state index in [0.717, 1.165) is 12.7 Å². The molecule has 0 bridgehead atoms. The van der Waals surface area contributed by atoms with E-state index in [9.17, 15) is 14.7 Å². The number of carbonyl (C=O) groups is 2. The standard InChI is InChI=1S/C20H27NO4/c1-18(2,3)20(25-13-12-22)14-15-6-4-5-7-16(15)19(20)8-10-21(11-9-19)17(23)24/h4-7,12H,8-11,13-14H2,1-3H3,(H,23,24)/t20-/m1/s1. The van der Waals surface area contributed by atoms with Crippen molar-refractivity contribution in [3.8, 4) is 0 Å². The second-order valence-corrected chi connectivity index (χ2v) is 8.24. The molecule has 0 aromatic heterocycles. The number of likely N-dealkylation sites (tertiary alicyclic amines) is 1. The van der Waals surface area contributed by atoms with Gasteiger partial charge in [0.1, 0.15) is 12.9 Å². The van der Waals surface area contributed by atoms with Crippen LogP contribution in [0.4, 0.5) is 4.79 Å². The van der Waals surface area contributed by atoms with Crippen LogP contribution < -0.4 is 0 Å². The zero-order valence-corrected chi connectivity index (χ0v) is 15.2. The van der Waals surface area contributed by atoms with E-state index >= 15 is 0 Å². The number of hydrogen-bond acceptors (Lipinski definition) is 3. The lowest BCUT2D eigenvalue weighted by Gasteiger charge is -2.56. The molecule has 1 amide bonds. The highest BCUT2D eigenvalue weighted by atomic mass is 16.5. The number of rotatable bonds is 3. The summed E-state index contributed by atoms with van der Waals surface area (Å²) in [7, 11) is 0. The van der Waals surface area contributed by atoms with Crippen molar-refractivity contribution < 1.29 is 19.4 Å². The fourth-order valence-electron chi connectivity index (χ4n) is 5.11. The number of nitrogens with zero attached hydrogens (tertiary/aromatic N) is 1. The third kappa shape index (κ3) is 2.56. The second kappa shape index (κ2) is 6.13. The maximum absolute atomic E-state index is 11.4. The van der Waals surface area contributed by atoms with Crippen molar-refractivity contribution >= 4 is 12.4 Å². The number of carboxylic acid groups (broad SMARTS) is 1. The van der Waals surface area contributed by atoms with E-state index < -0.39 is 11.7 Å². The number of ether oxygens (including phenoxy) is 1. The molecule has 1 fully saturated rings. The Labute approximate surface area is 149 Å². The number of piperidine rings is 1. The molecule has 5 heteroatoms. The van der Waals surface area contributed by atoms with Crippen molar-refractivity contribution in [1.29, 1.82) is 0 Å². The van der Waals surface area contributed by atoms with Crippen LogP contribution in [0.25, 0.3) is 0 Å². The molecule has 1 spiro atoms. The molecule has 1 atom stereocenters. The van der Waals surface area contributed by atoms with Gasteiger partial charge in [0.15, 0.2) is 0 Å². The Bertz CT molecular complexity index is 671. The first kappa shape index (κ1) is 17.9. The number of hydrogen-bond donors (Lipinski definition) is 1. The van der Waals surface area contributed by atoms with E-state index in [2.05, 4.69) is 32.9 Å². The predicted molar refractivity (Wildman–Crippen MR) is 94.9 cm³/mol. The fourth-order valence-corrected chi connectivity index (χ4v) is 5.11. The molecule has 5 nitrogen and oxygen atoms in total. The SMILES string of the molecule is CC(C)(C)[C@]1(OCC=O)Cc2ccccc2C12CCN(C(=O)O)CC2. The fraction of sp³-hybridized carbons (Fsp3) is 0.600. The zero-order valence-electron chi connectivity index (χ0n) is 15.2. The smallest absolute Gasteiger partial charge is 0.407 e. The van der Waals surface area contributed by atoms with Gasteiger partial charge in [0.25, 0.3) is 0 Å². The molecule has 1 heterocycles. The molecular formula is C20H27NO4. The minimum atomic E-state index is -0.865. The van der Waals surface area contributed by atoms with E-state index in [4.69, 9.17) is 4.74 Å². The third-order valence-electron chi connectivity index (χ3n) is 6.24. The molecule has 0 saturated carbocycles. The van der Waals surface area contributed by atoms with Crippen molar-refractivity contribution in [3.63, 3.8) is 0 Å². The molecule has 0 unspecified atom stereocenters. The van der Waals surface area contributed by atoms with E-state index in [1.165, 1.54) is 16.0 Å². The number of fused-ring (bicyclic) bond motifs is 2. The first-order valence-electron chi connectivity index (χ1n) is 8.91. The molecular weight excluding hydrogens is 318 g/mol. The molecule has 1 aliphatic carbocycles. The van der Waals surface area contributed by atoms with Crippen LogP contribution in [0.2, 0.25) is 0 Å². The Balaban J connectivity index is 2.11. The lowest BCUT2D eigenvalue weighted by Crippen LogP contribution is -2.62. The van der Waals surface area contributed by atoms with Crippen LogP contribution in [0.1, 0.15) is 44.7 Å². The molecule has 25 heavy (non-hydrogen) atoms. The van der Waals surface area contributed by atoms with Crippen LogP contribution in [0.15, 0.2) is 24.3 Å². The van der Waals surface area contributed by atoms with Gasteiger partial charge < -0.3 is 19.5 Å². The summed E-state index contributed by atoms with van der Waals surface area (Å²) >= 11 is 0. The zero-order chi connectivity index (χ0) is 18.3. The van der Waals surface area contributed by atoms with Crippen LogP contribution in [-0.4, -0.2) is 47.7 Å². The van der Waals surface area contributed by atoms with Crippen LogP contribution in [0.3, 0.4) is 0 Å². The molecule has 1 N–H and O–H groups in total. The summed E-state index contributed by atoms with van der Waals surface area (Å²) in [5, 5.41) is 9.34. The second-order valence-electron chi connectivity index (χ2n) is 8.24. The monoisotopic (exact) mass is 345 g/mol. The molecule has 1 aliphatic heterocycles. The summed E-state index contributed by atoms with van der Waals surface area (Å²) in [6.07, 6.45) is 2.14. The summed E-state index contributed by atoms with van der Waals surface area (Å²) < 4.78 is 6.34. The van der Waals surface area contributed by atoms with E-state index in [0.29, 0.717) is 25.9 Å². The van der Waals surface area contributed by atoms with Gasteiger partial charge >= 0.3 is 6.09 Å². The van der Waals surface area contributed by atoms with E-state index in [1.54, 1.807) is 0 Å². The van der Waals surface area contributed by atoms with Gasteiger partial charge in [-0.25, -0.2) is 4.79 Å². The van der Waals surface area contributed by atoms with Crippen LogP contribution >= 0.6 is 0 Å². The van der Waals surface area contributed by atoms with E-state index in [-0.39, 0.29) is 17.4 Å². The van der Waals surface area contributed by atoms with Crippen molar-refractivity contribution in [2.45, 2.75) is 51.0 Å². The lowest BCUT2D eigenvalue weighted by atomic mass is 9.56. The highest BCUT2D eigenvalue weighted by molar-refractivity contribution is 5.65. The summed E-state index contributed by atoms with van der Waals surface area (Å²) in [5.41, 5.74) is 1.54. The van der Waals surface area contributed by atoms with Gasteiger partial charge in [-0.2, -0.15) is 0 Å². The third-order valence-corrected chi connectivity index (χ3v) is 6.24. The van der Waals surface area contributed by atoms with Gasteiger partial charge in [0, 0.05) is 24.9 Å². The molecule has 1 aromatic carbocycles. The van der Waals surface area contributed by atoms with Crippen LogP contribution in [-0.2, 0) is 21.4 Å². The first-order chi connectivity index (χ1) is 11.8. The number of benzene rings is 1. The Morgan fingerprint density at radius 1 is 1.28 bits per heavy atom. The average molecular weight is 345 g/mol. The lowest BCUT2D eigenvalue weighted by molar-refractivity contribution is -0.170. The van der Waals surface area contributed by atoms with Gasteiger partial charge in [0.2, 0.25) is 0 Å². The number of aldehydes is 1. The quantitative estimate of drug-likeness (QED) is 0.854. The van der Waals surface area contributed by atoms with Crippen molar-refractivity contribution in [3.05, 3.63) is 35.4 Å². The van der Waals surface area contributed by atoms with Crippen LogP contribution in [0, 0.1) is 5.41 Å². The highest BCUT2D eigenvalue weighted by Crippen LogP contribution is 2.60. The summed E-state index contributed by atoms with van der Waals surface area (Å²) in [6, 6.07) is 8.38. The molecule has 2 aliphatic rings. The van der Waals surface area contributed by atoms with Gasteiger partial charge in [-0.05, 0) is 29.4 Å². The van der Waals surface area contributed by atoms with Gasteiger partial charge in [0.05, 0.1) is 5.60 Å². The molecule has 136 valence electrons. The van der Waals surface area contributed by atoms with Crippen LogP contribution in [0.5, 0.6) is 0 Å². The van der Waals surface area contributed by atoms with Crippen molar-refractivity contribution in [2.24, 2.45) is 5.41 Å². The molecule has 1 aromatic rings. The highest BCUT2D eigenvalue weighted by Gasteiger charge is 2.64. The predicted octanol–water partition coefficient (Wildman–Crippen LogP) is 3.25. The van der Waals surface area contributed by atoms with Gasteiger partial charge in [-0.3, -0.25) is 0 Å². The molecule has 1 saturated heterocycles. The van der Waals surface area contributed by atoms with Gasteiger partial charge in [-0.15, -0.1) is 0 Å². The summed E-state index contributed by atoms with van der Waals surface area (Å²) in [4.78, 5) is 24.0. The summed E-state index contributed by atoms with van der Waals surface area (Å²) in [5.74, 6) is 0. The van der Waals surface area contributed by atoms with Crippen molar-refractivity contribution in [1.82, 2.24) is 4.90 Å². The Kier molecular flexibility index (Phi) is 4.40.